The third-order valence-electron chi connectivity index (χ3n) is 5.01. The van der Waals surface area contributed by atoms with Crippen LogP contribution in [-0.4, -0.2) is 36.9 Å². The topological polar surface area (TPSA) is 91.7 Å². The van der Waals surface area contributed by atoms with E-state index in [0.717, 1.165) is 4.68 Å². The van der Waals surface area contributed by atoms with Gasteiger partial charge in [-0.3, -0.25) is 15.0 Å². The van der Waals surface area contributed by atoms with Gasteiger partial charge >= 0.3 is 0 Å². The highest BCUT2D eigenvalue weighted by Gasteiger charge is 2.18. The molecule has 0 atom stereocenters. The number of amides is 1. The van der Waals surface area contributed by atoms with Crippen molar-refractivity contribution in [1.29, 1.82) is 0 Å². The summed E-state index contributed by atoms with van der Waals surface area (Å²) in [4.78, 5) is 31.1. The third kappa shape index (κ3) is 4.40. The van der Waals surface area contributed by atoms with Crippen LogP contribution in [0.5, 0.6) is 17.2 Å². The Morgan fingerprint density at radius 3 is 2.27 bits per heavy atom. The molecule has 168 valence electrons. The molecule has 1 N–H and O–H groups in total. The molecule has 0 aliphatic heterocycles. The molecule has 0 saturated heterocycles. The van der Waals surface area contributed by atoms with Crippen LogP contribution in [-0.2, 0) is 0 Å². The van der Waals surface area contributed by atoms with Crippen molar-refractivity contribution in [3.63, 3.8) is 0 Å². The van der Waals surface area contributed by atoms with Gasteiger partial charge in [0.25, 0.3) is 11.5 Å². The van der Waals surface area contributed by atoms with Crippen LogP contribution in [0.2, 0.25) is 0 Å². The highest BCUT2D eigenvalue weighted by atomic mass is 79.9. The molecule has 0 fully saturated rings. The van der Waals surface area contributed by atoms with Crippen LogP contribution in [0.3, 0.4) is 0 Å². The van der Waals surface area contributed by atoms with Crippen molar-refractivity contribution >= 4 is 32.7 Å². The summed E-state index contributed by atoms with van der Waals surface area (Å²) in [5.41, 5.74) is 3.63. The Balaban J connectivity index is 1.88. The van der Waals surface area contributed by atoms with Gasteiger partial charge in [0.2, 0.25) is 0 Å². The molecule has 0 bridgehead atoms. The molecular formula is C24H20BrN3O5. The summed E-state index contributed by atoms with van der Waals surface area (Å²) in [6.07, 6.45) is 0. The molecule has 3 aromatic carbocycles. The molecule has 0 radical (unpaired) electrons. The molecule has 33 heavy (non-hydrogen) atoms. The summed E-state index contributed by atoms with van der Waals surface area (Å²) < 4.78 is 17.7. The van der Waals surface area contributed by atoms with Gasteiger partial charge in [0.15, 0.2) is 5.82 Å². The van der Waals surface area contributed by atoms with Gasteiger partial charge in [0.05, 0.1) is 36.7 Å². The number of nitrogens with zero attached hydrogens (tertiary/aromatic N) is 2. The van der Waals surface area contributed by atoms with Crippen LogP contribution in [0.25, 0.3) is 22.3 Å². The minimum atomic E-state index is -0.492. The lowest BCUT2D eigenvalue weighted by Crippen LogP contribution is -2.35. The van der Waals surface area contributed by atoms with Gasteiger partial charge < -0.3 is 14.2 Å². The molecule has 0 aliphatic rings. The minimum Gasteiger partial charge on any atom is -0.497 e. The number of carbonyl (C=O) groups is 1. The zero-order chi connectivity index (χ0) is 23.5. The zero-order valence-electron chi connectivity index (χ0n) is 18.1. The van der Waals surface area contributed by atoms with Crippen molar-refractivity contribution < 1.29 is 19.0 Å². The van der Waals surface area contributed by atoms with Gasteiger partial charge in [-0.15, -0.1) is 0 Å². The molecule has 1 aromatic heterocycles. The maximum absolute atomic E-state index is 13.4. The molecule has 0 spiro atoms. The van der Waals surface area contributed by atoms with Crippen molar-refractivity contribution in [1.82, 2.24) is 9.66 Å². The fourth-order valence-electron chi connectivity index (χ4n) is 3.34. The molecular weight excluding hydrogens is 490 g/mol. The molecule has 0 saturated carbocycles. The van der Waals surface area contributed by atoms with Gasteiger partial charge in [0, 0.05) is 17.2 Å². The third-order valence-corrected chi connectivity index (χ3v) is 5.63. The number of methoxy groups -OCH3 is 3. The molecule has 9 heteroatoms. The van der Waals surface area contributed by atoms with Crippen LogP contribution in [0, 0.1) is 0 Å². The number of ether oxygens (including phenoxy) is 3. The Hall–Kier alpha value is -3.85. The summed E-state index contributed by atoms with van der Waals surface area (Å²) in [5, 5.41) is 0.368. The van der Waals surface area contributed by atoms with Gasteiger partial charge in [-0.2, -0.15) is 4.68 Å². The van der Waals surface area contributed by atoms with E-state index >= 15 is 0 Å². The van der Waals surface area contributed by atoms with Crippen LogP contribution < -0.4 is 25.2 Å². The number of fused-ring (bicyclic) bond motifs is 1. The number of nitrogens with one attached hydrogen (secondary N) is 1. The van der Waals surface area contributed by atoms with Crippen molar-refractivity contribution in [2.75, 3.05) is 26.8 Å². The number of benzene rings is 3. The standard InChI is InChI=1S/C24H20BrN3O5/c1-31-16-10-15(11-17(13-16)32-2)22-26-20-7-5-4-6-18(20)24(30)28(22)27-23(29)14-8-9-21(33-3)19(25)12-14/h4-13H,1-3H3,(H,27,29). The first kappa shape index (κ1) is 22.3. The lowest BCUT2D eigenvalue weighted by atomic mass is 10.1. The van der Waals surface area contributed by atoms with E-state index in [2.05, 4.69) is 26.3 Å². The van der Waals surface area contributed by atoms with Crippen LogP contribution >= 0.6 is 15.9 Å². The van der Waals surface area contributed by atoms with Gasteiger partial charge in [0.1, 0.15) is 17.2 Å². The lowest BCUT2D eigenvalue weighted by Gasteiger charge is -2.16. The van der Waals surface area contributed by atoms with Crippen molar-refractivity contribution in [3.8, 4) is 28.6 Å². The molecule has 1 heterocycles. The highest BCUT2D eigenvalue weighted by molar-refractivity contribution is 9.10. The number of para-hydroxylation sites is 1. The lowest BCUT2D eigenvalue weighted by molar-refractivity contribution is 0.101. The van der Waals surface area contributed by atoms with E-state index in [1.807, 2.05) is 0 Å². The molecule has 0 aliphatic carbocycles. The Labute approximate surface area is 197 Å². The Morgan fingerprint density at radius 2 is 1.64 bits per heavy atom. The SMILES string of the molecule is COc1cc(OC)cc(-c2nc3ccccc3c(=O)n2NC(=O)c2ccc(OC)c(Br)c2)c1. The molecule has 1 amide bonds. The van der Waals surface area contributed by atoms with E-state index < -0.39 is 11.5 Å². The number of rotatable bonds is 6. The van der Waals surface area contributed by atoms with Crippen molar-refractivity contribution in [2.45, 2.75) is 0 Å². The average molecular weight is 510 g/mol. The first-order valence-corrected chi connectivity index (χ1v) is 10.6. The largest absolute Gasteiger partial charge is 0.497 e. The molecule has 4 aromatic rings. The maximum atomic E-state index is 13.4. The quantitative estimate of drug-likeness (QED) is 0.418. The predicted octanol–water partition coefficient (Wildman–Crippen LogP) is 4.24. The number of hydrogen-bond acceptors (Lipinski definition) is 6. The number of carbonyl (C=O) groups excluding carboxylic acids is 1. The number of halogens is 1. The summed E-state index contributed by atoms with van der Waals surface area (Å²) in [5.74, 6) is 1.36. The first-order chi connectivity index (χ1) is 15.9. The number of aromatic nitrogens is 2. The summed E-state index contributed by atoms with van der Waals surface area (Å²) >= 11 is 3.38. The van der Waals surface area contributed by atoms with Crippen LogP contribution in [0.15, 0.2) is 69.9 Å². The second-order valence-corrected chi connectivity index (χ2v) is 7.84. The monoisotopic (exact) mass is 509 g/mol. The fraction of sp³-hybridized carbons (Fsp3) is 0.125. The molecule has 4 rings (SSSR count). The van der Waals surface area contributed by atoms with Gasteiger partial charge in [-0.05, 0) is 58.4 Å². The summed E-state index contributed by atoms with van der Waals surface area (Å²) in [7, 11) is 4.60. The van der Waals surface area contributed by atoms with Crippen LogP contribution in [0.4, 0.5) is 0 Å². The average Bonchev–Trinajstić information content (AvgIpc) is 2.85. The van der Waals surface area contributed by atoms with Gasteiger partial charge in [-0.1, -0.05) is 12.1 Å². The first-order valence-electron chi connectivity index (χ1n) is 9.85. The van der Waals surface area contributed by atoms with E-state index in [-0.39, 0.29) is 5.82 Å². The van der Waals surface area contributed by atoms with E-state index in [1.54, 1.807) is 60.7 Å². The maximum Gasteiger partial charge on any atom is 0.280 e. The zero-order valence-corrected chi connectivity index (χ0v) is 19.7. The fourth-order valence-corrected chi connectivity index (χ4v) is 3.88. The smallest absolute Gasteiger partial charge is 0.280 e. The summed E-state index contributed by atoms with van der Waals surface area (Å²) in [6.45, 7) is 0. The second kappa shape index (κ2) is 9.33. The number of hydrogen-bond donors (Lipinski definition) is 1. The normalized spacial score (nSPS) is 10.7. The highest BCUT2D eigenvalue weighted by Crippen LogP contribution is 2.29. The Bertz CT molecular complexity index is 1400. The molecule has 8 nitrogen and oxygen atoms in total. The Morgan fingerprint density at radius 1 is 0.939 bits per heavy atom. The van der Waals surface area contributed by atoms with E-state index in [1.165, 1.54) is 21.3 Å². The van der Waals surface area contributed by atoms with E-state index in [9.17, 15) is 9.59 Å². The summed E-state index contributed by atoms with van der Waals surface area (Å²) in [6, 6.07) is 17.0. The van der Waals surface area contributed by atoms with E-state index in [0.29, 0.717) is 43.8 Å². The predicted molar refractivity (Wildman–Crippen MR) is 129 cm³/mol. The van der Waals surface area contributed by atoms with Crippen LogP contribution in [0.1, 0.15) is 10.4 Å². The van der Waals surface area contributed by atoms with Crippen molar-refractivity contribution in [3.05, 3.63) is 81.1 Å². The van der Waals surface area contributed by atoms with Gasteiger partial charge in [-0.25, -0.2) is 4.98 Å². The second-order valence-electron chi connectivity index (χ2n) is 6.98. The van der Waals surface area contributed by atoms with Crippen molar-refractivity contribution in [2.24, 2.45) is 0 Å². The Kier molecular flexibility index (Phi) is 6.32. The minimum absolute atomic E-state index is 0.233. The van der Waals surface area contributed by atoms with E-state index in [4.69, 9.17) is 14.2 Å². The molecule has 0 unspecified atom stereocenters.